The van der Waals surface area contributed by atoms with Gasteiger partial charge in [-0.3, -0.25) is 0 Å². The van der Waals surface area contributed by atoms with Gasteiger partial charge in [0.2, 0.25) is 0 Å². The van der Waals surface area contributed by atoms with Crippen LogP contribution in [0.1, 0.15) is 10.5 Å². The second-order valence-corrected chi connectivity index (χ2v) is 1.38. The van der Waals surface area contributed by atoms with E-state index in [1.54, 1.807) is 0 Å². The van der Waals surface area contributed by atoms with Crippen LogP contribution in [0.2, 0.25) is 0 Å². The normalized spacial score (nSPS) is 8.89. The van der Waals surface area contributed by atoms with Gasteiger partial charge in [0.25, 0.3) is 0 Å². The molecule has 1 radical (unpaired) electrons. The number of nitrogens with zero attached hydrogens (tertiary/aromatic N) is 2. The van der Waals surface area contributed by atoms with Crippen molar-refractivity contribution in [2.24, 2.45) is 0 Å². The molecule has 45 valence electrons. The van der Waals surface area contributed by atoms with E-state index in [-0.39, 0.29) is 5.69 Å². The van der Waals surface area contributed by atoms with Crippen LogP contribution in [0.25, 0.3) is 0 Å². The van der Waals surface area contributed by atoms with Gasteiger partial charge in [-0.25, -0.2) is 19.9 Å². The minimum Gasteiger partial charge on any atom is -0.245 e. The highest BCUT2D eigenvalue weighted by atomic mass is 16.4. The lowest BCUT2D eigenvalue weighted by Crippen LogP contribution is -1.96. The molecule has 0 N–H and O–H groups in total. The minimum atomic E-state index is -1.28. The number of rotatable bonds is 1. The molecular formula is C5H3N2O2. The van der Waals surface area contributed by atoms with Crippen molar-refractivity contribution >= 4 is 5.97 Å². The van der Waals surface area contributed by atoms with Crippen molar-refractivity contribution in [3.63, 3.8) is 0 Å². The third kappa shape index (κ3) is 1.22. The molecule has 9 heavy (non-hydrogen) atoms. The van der Waals surface area contributed by atoms with Crippen LogP contribution in [0.3, 0.4) is 0 Å². The van der Waals surface area contributed by atoms with Crippen molar-refractivity contribution in [2.75, 3.05) is 0 Å². The predicted octanol–water partition coefficient (Wildman–Crippen LogP) is 0.0473. The van der Waals surface area contributed by atoms with Crippen molar-refractivity contribution in [2.45, 2.75) is 0 Å². The first kappa shape index (κ1) is 5.68. The topological polar surface area (TPSA) is 62.8 Å². The van der Waals surface area contributed by atoms with Gasteiger partial charge in [0, 0.05) is 6.20 Å². The molecule has 0 aromatic carbocycles. The van der Waals surface area contributed by atoms with E-state index in [9.17, 15) is 9.90 Å². The fourth-order valence-electron chi connectivity index (χ4n) is 0.411. The third-order valence-corrected chi connectivity index (χ3v) is 0.791. The van der Waals surface area contributed by atoms with Crippen molar-refractivity contribution in [1.82, 2.24) is 9.97 Å². The van der Waals surface area contributed by atoms with E-state index >= 15 is 0 Å². The molecule has 0 saturated carbocycles. The SMILES string of the molecule is [O]C(=O)c1ccncn1. The lowest BCUT2D eigenvalue weighted by Gasteiger charge is -1.84. The first-order valence-corrected chi connectivity index (χ1v) is 2.28. The molecule has 1 rings (SSSR count). The monoisotopic (exact) mass is 123 g/mol. The van der Waals surface area contributed by atoms with Gasteiger partial charge < -0.3 is 0 Å². The highest BCUT2D eigenvalue weighted by molar-refractivity contribution is 5.84. The zero-order valence-corrected chi connectivity index (χ0v) is 4.44. The Labute approximate surface area is 51.2 Å². The molecule has 1 aromatic rings. The Kier molecular flexibility index (Phi) is 1.40. The quantitative estimate of drug-likeness (QED) is 0.529. The first-order valence-electron chi connectivity index (χ1n) is 2.28. The van der Waals surface area contributed by atoms with Crippen molar-refractivity contribution in [3.05, 3.63) is 24.3 Å². The summed E-state index contributed by atoms with van der Waals surface area (Å²) in [4.78, 5) is 16.9. The van der Waals surface area contributed by atoms with Gasteiger partial charge in [0.15, 0.2) is 5.69 Å². The Morgan fingerprint density at radius 3 is 2.67 bits per heavy atom. The van der Waals surface area contributed by atoms with Crippen molar-refractivity contribution in [3.8, 4) is 0 Å². The fraction of sp³-hybridized carbons (Fsp3) is 0. The summed E-state index contributed by atoms with van der Waals surface area (Å²) in [5.41, 5.74) is -0.0926. The van der Waals surface area contributed by atoms with E-state index in [0.29, 0.717) is 0 Å². The Hall–Kier alpha value is -1.45. The molecule has 0 amide bonds. The molecule has 0 bridgehead atoms. The number of carbonyl (C=O) groups is 1. The molecular weight excluding hydrogens is 120 g/mol. The molecule has 0 fully saturated rings. The maximum Gasteiger partial charge on any atom is 0.404 e. The summed E-state index contributed by atoms with van der Waals surface area (Å²) in [6.45, 7) is 0. The molecule has 0 aliphatic carbocycles. The summed E-state index contributed by atoms with van der Waals surface area (Å²) in [5.74, 6) is -1.28. The van der Waals surface area contributed by atoms with Crippen LogP contribution in [0.4, 0.5) is 0 Å². The van der Waals surface area contributed by atoms with Crippen LogP contribution >= 0.6 is 0 Å². The van der Waals surface area contributed by atoms with E-state index < -0.39 is 5.97 Å². The Bertz CT molecular complexity index is 209. The summed E-state index contributed by atoms with van der Waals surface area (Å²) >= 11 is 0. The molecule has 0 spiro atoms. The number of hydrogen-bond acceptors (Lipinski definition) is 3. The zero-order chi connectivity index (χ0) is 6.69. The maximum atomic E-state index is 10.00. The second-order valence-electron chi connectivity index (χ2n) is 1.38. The Morgan fingerprint density at radius 1 is 1.56 bits per heavy atom. The average molecular weight is 123 g/mol. The van der Waals surface area contributed by atoms with Crippen LogP contribution in [-0.4, -0.2) is 15.9 Å². The van der Waals surface area contributed by atoms with Gasteiger partial charge in [0.1, 0.15) is 6.33 Å². The van der Waals surface area contributed by atoms with Gasteiger partial charge in [-0.15, -0.1) is 0 Å². The molecule has 0 aliphatic heterocycles. The summed E-state index contributed by atoms with van der Waals surface area (Å²) in [6.07, 6.45) is 2.50. The fourth-order valence-corrected chi connectivity index (χ4v) is 0.411. The van der Waals surface area contributed by atoms with Crippen LogP contribution in [0.15, 0.2) is 18.6 Å². The third-order valence-electron chi connectivity index (χ3n) is 0.791. The number of aromatic nitrogens is 2. The van der Waals surface area contributed by atoms with Crippen LogP contribution in [-0.2, 0) is 5.11 Å². The molecule has 0 unspecified atom stereocenters. The zero-order valence-electron chi connectivity index (χ0n) is 4.44. The van der Waals surface area contributed by atoms with E-state index in [1.807, 2.05) is 0 Å². The standard InChI is InChI=1S/C5H3N2O2/c8-5(9)4-1-2-6-3-7-4/h1-3H. The second kappa shape index (κ2) is 2.21. The van der Waals surface area contributed by atoms with E-state index in [1.165, 1.54) is 12.3 Å². The van der Waals surface area contributed by atoms with Gasteiger partial charge in [0.05, 0.1) is 0 Å². The van der Waals surface area contributed by atoms with Crippen LogP contribution in [0, 0.1) is 0 Å². The first-order chi connectivity index (χ1) is 4.30. The summed E-state index contributed by atoms with van der Waals surface area (Å²) in [6, 6.07) is 1.27. The smallest absolute Gasteiger partial charge is 0.245 e. The van der Waals surface area contributed by atoms with Crippen LogP contribution < -0.4 is 0 Å². The molecule has 1 heterocycles. The van der Waals surface area contributed by atoms with Gasteiger partial charge in [-0.2, -0.15) is 0 Å². The summed E-state index contributed by atoms with van der Waals surface area (Å²) < 4.78 is 0. The van der Waals surface area contributed by atoms with Crippen molar-refractivity contribution < 1.29 is 9.90 Å². The average Bonchev–Trinajstić information content (AvgIpc) is 1.90. The number of carbonyl (C=O) groups excluding carboxylic acids is 1. The lowest BCUT2D eigenvalue weighted by molar-refractivity contribution is 0.0566. The van der Waals surface area contributed by atoms with E-state index in [0.717, 1.165) is 6.33 Å². The molecule has 0 aliphatic rings. The van der Waals surface area contributed by atoms with E-state index in [2.05, 4.69) is 9.97 Å². The highest BCUT2D eigenvalue weighted by Gasteiger charge is 2.02. The summed E-state index contributed by atoms with van der Waals surface area (Å²) in [5, 5.41) is 10.00. The van der Waals surface area contributed by atoms with Crippen LogP contribution in [0.5, 0.6) is 0 Å². The highest BCUT2D eigenvalue weighted by Crippen LogP contribution is 1.88. The predicted molar refractivity (Wildman–Crippen MR) is 27.0 cm³/mol. The van der Waals surface area contributed by atoms with Gasteiger partial charge in [-0.1, -0.05) is 0 Å². The van der Waals surface area contributed by atoms with Gasteiger partial charge >= 0.3 is 5.97 Å². The Morgan fingerprint density at radius 2 is 2.33 bits per heavy atom. The molecule has 0 atom stereocenters. The summed E-state index contributed by atoms with van der Waals surface area (Å²) in [7, 11) is 0. The minimum absolute atomic E-state index is 0.0926. The number of hydrogen-bond donors (Lipinski definition) is 0. The van der Waals surface area contributed by atoms with Crippen molar-refractivity contribution in [1.29, 1.82) is 0 Å². The van der Waals surface area contributed by atoms with Gasteiger partial charge in [-0.05, 0) is 6.07 Å². The Balaban J connectivity index is 2.98. The molecule has 0 saturated heterocycles. The lowest BCUT2D eigenvalue weighted by atomic mass is 10.4. The molecule has 1 aromatic heterocycles. The maximum absolute atomic E-state index is 10.00. The van der Waals surface area contributed by atoms with E-state index in [4.69, 9.17) is 0 Å². The largest absolute Gasteiger partial charge is 0.404 e. The molecule has 4 heteroatoms. The molecule has 4 nitrogen and oxygen atoms in total.